The average Bonchev–Trinajstić information content (AvgIpc) is 3.19. The van der Waals surface area contributed by atoms with Gasteiger partial charge in [-0.25, -0.2) is 14.4 Å². The summed E-state index contributed by atoms with van der Waals surface area (Å²) in [5.74, 6) is 1.69. The molecule has 2 aliphatic heterocycles. The van der Waals surface area contributed by atoms with Gasteiger partial charge >= 0.3 is 0 Å². The molecule has 2 aliphatic rings. The number of halogens is 1. The number of hydrogen-bond donors (Lipinski definition) is 1. The van der Waals surface area contributed by atoms with Gasteiger partial charge in [-0.15, -0.1) is 0 Å². The smallest absolute Gasteiger partial charge is 0.227 e. The van der Waals surface area contributed by atoms with E-state index in [9.17, 15) is 9.18 Å². The van der Waals surface area contributed by atoms with Crippen molar-refractivity contribution in [2.24, 2.45) is 0 Å². The van der Waals surface area contributed by atoms with E-state index in [0.29, 0.717) is 19.5 Å². The van der Waals surface area contributed by atoms with Gasteiger partial charge in [0.15, 0.2) is 0 Å². The highest BCUT2D eigenvalue weighted by atomic mass is 19.1. The van der Waals surface area contributed by atoms with Crippen LogP contribution in [-0.4, -0.2) is 59.4 Å². The molecule has 3 heterocycles. The van der Waals surface area contributed by atoms with Crippen LogP contribution < -0.4 is 5.32 Å². The van der Waals surface area contributed by atoms with Crippen molar-refractivity contribution in [2.45, 2.75) is 31.7 Å². The molecule has 1 atom stereocenters. The van der Waals surface area contributed by atoms with E-state index in [-0.39, 0.29) is 17.6 Å². The molecular weight excluding hydrogens is 357 g/mol. The first-order valence-electron chi connectivity index (χ1n) is 9.81. The van der Waals surface area contributed by atoms with Gasteiger partial charge in [0.1, 0.15) is 17.5 Å². The second-order valence-electron chi connectivity index (χ2n) is 7.72. The predicted octanol–water partition coefficient (Wildman–Crippen LogP) is 2.20. The van der Waals surface area contributed by atoms with Crippen molar-refractivity contribution in [3.8, 4) is 0 Å². The number of rotatable bonds is 4. The second-order valence-corrected chi connectivity index (χ2v) is 7.72. The predicted molar refractivity (Wildman–Crippen MR) is 106 cm³/mol. The summed E-state index contributed by atoms with van der Waals surface area (Å²) in [5.41, 5.74) is 3.15. The van der Waals surface area contributed by atoms with Crippen molar-refractivity contribution in [3.05, 3.63) is 52.7 Å². The lowest BCUT2D eigenvalue weighted by Gasteiger charge is -2.26. The molecule has 1 aromatic carbocycles. The number of likely N-dealkylation sites (tertiary alicyclic amines) is 1. The molecular formula is C21H26FN5O. The van der Waals surface area contributed by atoms with Crippen LogP contribution in [0.4, 0.5) is 10.2 Å². The van der Waals surface area contributed by atoms with Gasteiger partial charge < -0.3 is 15.1 Å². The van der Waals surface area contributed by atoms with E-state index in [1.165, 1.54) is 17.7 Å². The summed E-state index contributed by atoms with van der Waals surface area (Å²) >= 11 is 0. The molecule has 0 spiro atoms. The largest absolute Gasteiger partial charge is 0.373 e. The Morgan fingerprint density at radius 2 is 2.04 bits per heavy atom. The lowest BCUT2D eigenvalue weighted by atomic mass is 10.0. The molecule has 1 fully saturated rings. The molecule has 2 aromatic rings. The number of fused-ring (bicyclic) bond motifs is 1. The molecule has 0 saturated carbocycles. The van der Waals surface area contributed by atoms with E-state index < -0.39 is 0 Å². The summed E-state index contributed by atoms with van der Waals surface area (Å²) in [4.78, 5) is 26.4. The Bertz CT molecular complexity index is 853. The van der Waals surface area contributed by atoms with E-state index in [1.807, 2.05) is 11.9 Å². The topological polar surface area (TPSA) is 61.4 Å². The summed E-state index contributed by atoms with van der Waals surface area (Å²) in [5, 5.41) is 3.22. The second kappa shape index (κ2) is 7.83. The summed E-state index contributed by atoms with van der Waals surface area (Å²) in [6, 6.07) is 6.13. The number of aromatic nitrogens is 2. The third-order valence-electron chi connectivity index (χ3n) is 5.68. The summed E-state index contributed by atoms with van der Waals surface area (Å²) in [6.07, 6.45) is 2.10. The molecule has 0 bridgehead atoms. The Morgan fingerprint density at radius 3 is 2.79 bits per heavy atom. The zero-order valence-corrected chi connectivity index (χ0v) is 16.4. The number of nitrogens with zero attached hydrogens (tertiary/aromatic N) is 4. The van der Waals surface area contributed by atoms with E-state index in [1.54, 1.807) is 12.1 Å². The van der Waals surface area contributed by atoms with Crippen molar-refractivity contribution >= 4 is 11.7 Å². The minimum atomic E-state index is -0.284. The first kappa shape index (κ1) is 18.8. The minimum Gasteiger partial charge on any atom is -0.373 e. The molecule has 1 N–H and O–H groups in total. The lowest BCUT2D eigenvalue weighted by Crippen LogP contribution is -2.31. The first-order valence-corrected chi connectivity index (χ1v) is 9.81. The number of carbonyl (C=O) groups is 1. The normalized spacial score (nSPS) is 19.5. The van der Waals surface area contributed by atoms with Crippen LogP contribution in [-0.2, 0) is 24.2 Å². The van der Waals surface area contributed by atoms with E-state index >= 15 is 0 Å². The Hall–Kier alpha value is -2.54. The maximum atomic E-state index is 13.1. The molecule has 7 heteroatoms. The number of anilines is 1. The molecule has 0 aliphatic carbocycles. The van der Waals surface area contributed by atoms with Crippen molar-refractivity contribution in [1.29, 1.82) is 0 Å². The molecule has 1 aromatic heterocycles. The molecule has 6 nitrogen and oxygen atoms in total. The highest BCUT2D eigenvalue weighted by Gasteiger charge is 2.31. The molecule has 0 unspecified atom stereocenters. The average molecular weight is 383 g/mol. The summed E-state index contributed by atoms with van der Waals surface area (Å²) in [7, 11) is 4.01. The first-order chi connectivity index (χ1) is 13.5. The minimum absolute atomic E-state index is 0.0718. The summed E-state index contributed by atoms with van der Waals surface area (Å²) in [6.45, 7) is 3.21. The molecule has 0 radical (unpaired) electrons. The van der Waals surface area contributed by atoms with Crippen LogP contribution in [0.25, 0.3) is 0 Å². The maximum Gasteiger partial charge on any atom is 0.227 e. The highest BCUT2D eigenvalue weighted by Crippen LogP contribution is 2.30. The van der Waals surface area contributed by atoms with E-state index in [2.05, 4.69) is 17.3 Å². The van der Waals surface area contributed by atoms with Crippen molar-refractivity contribution in [2.75, 3.05) is 39.0 Å². The van der Waals surface area contributed by atoms with Crippen LogP contribution in [0.5, 0.6) is 0 Å². The zero-order valence-electron chi connectivity index (χ0n) is 16.4. The Labute approximate surface area is 164 Å². The number of hydrogen-bond acceptors (Lipinski definition) is 5. The number of likely N-dealkylation sites (N-methyl/N-ethyl adjacent to an activating group) is 1. The Kier molecular flexibility index (Phi) is 5.26. The van der Waals surface area contributed by atoms with Crippen LogP contribution in [0.2, 0.25) is 0 Å². The van der Waals surface area contributed by atoms with Gasteiger partial charge in [-0.1, -0.05) is 12.1 Å². The van der Waals surface area contributed by atoms with Gasteiger partial charge in [0.2, 0.25) is 5.91 Å². The summed E-state index contributed by atoms with van der Waals surface area (Å²) < 4.78 is 13.1. The standard InChI is InChI=1S/C21H26FN5O/c1-23-21-17-13-26(2)9-8-18(17)24-20(25-21)15-7-10-27(12-15)19(28)11-14-3-5-16(22)6-4-14/h3-6,15H,7-13H2,1-2H3,(H,23,24,25)/t15-/m1/s1. The molecule has 4 rings (SSSR count). The van der Waals surface area contributed by atoms with Gasteiger partial charge in [-0.2, -0.15) is 0 Å². The third-order valence-corrected chi connectivity index (χ3v) is 5.68. The number of nitrogens with one attached hydrogen (secondary N) is 1. The number of carbonyl (C=O) groups excluding carboxylic acids is 1. The fourth-order valence-corrected chi connectivity index (χ4v) is 4.04. The molecule has 148 valence electrons. The molecule has 1 saturated heterocycles. The SMILES string of the molecule is CNc1nc([C@@H]2CCN(C(=O)Cc3ccc(F)cc3)C2)nc2c1CN(C)CC2. The maximum absolute atomic E-state index is 13.1. The van der Waals surface area contributed by atoms with Crippen LogP contribution in [0.1, 0.15) is 35.0 Å². The zero-order chi connectivity index (χ0) is 19.7. The fourth-order valence-electron chi connectivity index (χ4n) is 4.04. The number of amides is 1. The van der Waals surface area contributed by atoms with Gasteiger partial charge in [0, 0.05) is 51.1 Å². The van der Waals surface area contributed by atoms with Crippen LogP contribution in [0.15, 0.2) is 24.3 Å². The van der Waals surface area contributed by atoms with Crippen LogP contribution in [0, 0.1) is 5.82 Å². The monoisotopic (exact) mass is 383 g/mol. The van der Waals surface area contributed by atoms with Gasteiger partial charge in [-0.05, 0) is 31.2 Å². The Morgan fingerprint density at radius 1 is 1.25 bits per heavy atom. The highest BCUT2D eigenvalue weighted by molar-refractivity contribution is 5.79. The quantitative estimate of drug-likeness (QED) is 0.877. The van der Waals surface area contributed by atoms with Crippen molar-refractivity contribution in [1.82, 2.24) is 19.8 Å². The van der Waals surface area contributed by atoms with Crippen molar-refractivity contribution in [3.63, 3.8) is 0 Å². The van der Waals surface area contributed by atoms with Gasteiger partial charge in [0.05, 0.1) is 12.1 Å². The van der Waals surface area contributed by atoms with Crippen LogP contribution >= 0.6 is 0 Å². The van der Waals surface area contributed by atoms with Gasteiger partial charge in [-0.3, -0.25) is 4.79 Å². The van der Waals surface area contributed by atoms with Crippen molar-refractivity contribution < 1.29 is 9.18 Å². The molecule has 1 amide bonds. The van der Waals surface area contributed by atoms with E-state index in [0.717, 1.165) is 48.8 Å². The molecule has 28 heavy (non-hydrogen) atoms. The number of benzene rings is 1. The van der Waals surface area contributed by atoms with Gasteiger partial charge in [0.25, 0.3) is 0 Å². The third kappa shape index (κ3) is 3.85. The van der Waals surface area contributed by atoms with E-state index in [4.69, 9.17) is 9.97 Å². The fraction of sp³-hybridized carbons (Fsp3) is 0.476. The Balaban J connectivity index is 1.46. The lowest BCUT2D eigenvalue weighted by molar-refractivity contribution is -0.129. The van der Waals surface area contributed by atoms with Crippen LogP contribution in [0.3, 0.4) is 0 Å².